The second kappa shape index (κ2) is 7.23. The first-order valence-electron chi connectivity index (χ1n) is 7.76. The summed E-state index contributed by atoms with van der Waals surface area (Å²) in [6.45, 7) is 0. The van der Waals surface area contributed by atoms with Gasteiger partial charge >= 0.3 is 0 Å². The molecule has 3 heteroatoms. The van der Waals surface area contributed by atoms with Gasteiger partial charge in [-0.15, -0.1) is 0 Å². The lowest BCUT2D eigenvalue weighted by Gasteiger charge is -2.21. The van der Waals surface area contributed by atoms with Gasteiger partial charge in [-0.05, 0) is 62.1 Å². The summed E-state index contributed by atoms with van der Waals surface area (Å²) in [6.07, 6.45) is 4.61. The van der Waals surface area contributed by atoms with Gasteiger partial charge in [0.2, 0.25) is 0 Å². The molecule has 0 unspecified atom stereocenters. The Kier molecular flexibility index (Phi) is 4.86. The topological polar surface area (TPSA) is 30.8 Å². The highest BCUT2D eigenvalue weighted by Crippen LogP contribution is 2.26. The Morgan fingerprint density at radius 3 is 2.14 bits per heavy atom. The summed E-state index contributed by atoms with van der Waals surface area (Å²) < 4.78 is 11.2. The Hall–Kier alpha value is -2.13. The number of nitrogens with zero attached hydrogens (tertiary/aromatic N) is 1. The molecule has 0 N–H and O–H groups in total. The van der Waals surface area contributed by atoms with Crippen LogP contribution in [0, 0.1) is 0 Å². The van der Waals surface area contributed by atoms with Gasteiger partial charge in [0, 0.05) is 12.8 Å². The lowest BCUT2D eigenvalue weighted by atomic mass is 9.95. The summed E-state index contributed by atoms with van der Waals surface area (Å²) in [7, 11) is 1.79. The van der Waals surface area contributed by atoms with Gasteiger partial charge in [-0.3, -0.25) is 4.99 Å². The number of aliphatic imine (C=N–C) groups is 1. The fraction of sp³-hybridized carbons (Fsp3) is 0.316. The zero-order valence-corrected chi connectivity index (χ0v) is 12.9. The number of para-hydroxylation sites is 1. The number of hydrogen-bond donors (Lipinski definition) is 0. The van der Waals surface area contributed by atoms with Crippen molar-refractivity contribution in [3.63, 3.8) is 0 Å². The van der Waals surface area contributed by atoms with Crippen molar-refractivity contribution in [2.24, 2.45) is 4.99 Å². The van der Waals surface area contributed by atoms with Crippen LogP contribution >= 0.6 is 0 Å². The monoisotopic (exact) mass is 295 g/mol. The molecule has 0 radical (unpaired) electrons. The average Bonchev–Trinajstić information content (AvgIpc) is 2.58. The van der Waals surface area contributed by atoms with Crippen LogP contribution in [0.3, 0.4) is 0 Å². The molecule has 114 valence electrons. The highest BCUT2D eigenvalue weighted by Gasteiger charge is 2.16. The molecular formula is C19H21NO2. The molecule has 0 aromatic heterocycles. The Balaban J connectivity index is 1.62. The summed E-state index contributed by atoms with van der Waals surface area (Å²) in [6, 6.07) is 17.7. The molecule has 0 heterocycles. The van der Waals surface area contributed by atoms with E-state index in [0.717, 1.165) is 42.9 Å². The van der Waals surface area contributed by atoms with Gasteiger partial charge in [0.1, 0.15) is 11.5 Å². The second-order valence-corrected chi connectivity index (χ2v) is 5.52. The number of rotatable bonds is 4. The van der Waals surface area contributed by atoms with E-state index in [4.69, 9.17) is 14.5 Å². The first kappa shape index (κ1) is 14.8. The highest BCUT2D eigenvalue weighted by molar-refractivity contribution is 5.87. The molecule has 3 nitrogen and oxygen atoms in total. The molecule has 1 fully saturated rings. The number of ether oxygens (including phenoxy) is 2. The molecular weight excluding hydrogens is 274 g/mol. The molecule has 2 aromatic rings. The normalized spacial score (nSPS) is 18.0. The van der Waals surface area contributed by atoms with Crippen molar-refractivity contribution in [2.75, 3.05) is 7.11 Å². The van der Waals surface area contributed by atoms with Gasteiger partial charge in [-0.1, -0.05) is 18.2 Å². The van der Waals surface area contributed by atoms with Crippen LogP contribution in [-0.4, -0.2) is 18.9 Å². The lowest BCUT2D eigenvalue weighted by molar-refractivity contribution is 0.0863. The molecule has 2 aromatic carbocycles. The van der Waals surface area contributed by atoms with Crippen molar-refractivity contribution in [2.45, 2.75) is 31.8 Å². The third-order valence-corrected chi connectivity index (χ3v) is 3.95. The summed E-state index contributed by atoms with van der Waals surface area (Å²) >= 11 is 0. The van der Waals surface area contributed by atoms with Crippen LogP contribution < -0.4 is 4.74 Å². The van der Waals surface area contributed by atoms with E-state index in [1.807, 2.05) is 54.6 Å². The Morgan fingerprint density at radius 2 is 1.50 bits per heavy atom. The van der Waals surface area contributed by atoms with Gasteiger partial charge in [0.15, 0.2) is 0 Å². The summed E-state index contributed by atoms with van der Waals surface area (Å²) in [4.78, 5) is 4.74. The van der Waals surface area contributed by atoms with Crippen molar-refractivity contribution >= 4 is 11.4 Å². The van der Waals surface area contributed by atoms with Crippen LogP contribution in [0.1, 0.15) is 25.7 Å². The minimum Gasteiger partial charge on any atom is -0.457 e. The zero-order valence-electron chi connectivity index (χ0n) is 12.9. The number of benzene rings is 2. The largest absolute Gasteiger partial charge is 0.457 e. The van der Waals surface area contributed by atoms with Gasteiger partial charge in [0.05, 0.1) is 11.8 Å². The maximum Gasteiger partial charge on any atom is 0.127 e. The van der Waals surface area contributed by atoms with Gasteiger partial charge in [-0.2, -0.15) is 0 Å². The van der Waals surface area contributed by atoms with E-state index < -0.39 is 0 Å². The van der Waals surface area contributed by atoms with Crippen molar-refractivity contribution in [3.8, 4) is 11.5 Å². The van der Waals surface area contributed by atoms with Gasteiger partial charge in [0.25, 0.3) is 0 Å². The average molecular weight is 295 g/mol. The van der Waals surface area contributed by atoms with Crippen molar-refractivity contribution in [1.82, 2.24) is 0 Å². The molecule has 0 saturated heterocycles. The summed E-state index contributed by atoms with van der Waals surface area (Å²) in [5, 5.41) is 0. The fourth-order valence-electron chi connectivity index (χ4n) is 2.67. The molecule has 1 aliphatic carbocycles. The molecule has 0 bridgehead atoms. The Labute approximate surface area is 131 Å². The maximum atomic E-state index is 5.79. The molecule has 0 atom stereocenters. The summed E-state index contributed by atoms with van der Waals surface area (Å²) in [5.41, 5.74) is 2.26. The Bertz CT molecular complexity index is 610. The van der Waals surface area contributed by atoms with E-state index in [1.165, 1.54) is 5.71 Å². The molecule has 3 rings (SSSR count). The molecule has 22 heavy (non-hydrogen) atoms. The van der Waals surface area contributed by atoms with Crippen LogP contribution in [0.15, 0.2) is 59.6 Å². The third kappa shape index (κ3) is 3.95. The van der Waals surface area contributed by atoms with Gasteiger partial charge in [-0.25, -0.2) is 0 Å². The van der Waals surface area contributed by atoms with E-state index in [0.29, 0.717) is 6.10 Å². The van der Waals surface area contributed by atoms with Crippen LogP contribution in [0.4, 0.5) is 5.69 Å². The zero-order chi connectivity index (χ0) is 15.2. The van der Waals surface area contributed by atoms with E-state index in [9.17, 15) is 0 Å². The minimum absolute atomic E-state index is 0.403. The Morgan fingerprint density at radius 1 is 0.864 bits per heavy atom. The van der Waals surface area contributed by atoms with E-state index in [2.05, 4.69) is 0 Å². The van der Waals surface area contributed by atoms with Crippen molar-refractivity contribution in [1.29, 1.82) is 0 Å². The van der Waals surface area contributed by atoms with Crippen LogP contribution in [-0.2, 0) is 4.74 Å². The fourth-order valence-corrected chi connectivity index (χ4v) is 2.67. The quantitative estimate of drug-likeness (QED) is 0.782. The second-order valence-electron chi connectivity index (χ2n) is 5.52. The molecule has 0 spiro atoms. The van der Waals surface area contributed by atoms with E-state index >= 15 is 0 Å². The smallest absolute Gasteiger partial charge is 0.127 e. The molecule has 0 aliphatic heterocycles. The third-order valence-electron chi connectivity index (χ3n) is 3.95. The molecule has 0 amide bonds. The predicted molar refractivity (Wildman–Crippen MR) is 89.3 cm³/mol. The lowest BCUT2D eigenvalue weighted by Crippen LogP contribution is -2.19. The predicted octanol–water partition coefficient (Wildman–Crippen LogP) is 5.14. The minimum atomic E-state index is 0.403. The number of methoxy groups -OCH3 is 1. The van der Waals surface area contributed by atoms with Crippen molar-refractivity contribution in [3.05, 3.63) is 54.6 Å². The summed E-state index contributed by atoms with van der Waals surface area (Å²) in [5.74, 6) is 1.68. The molecule has 1 saturated carbocycles. The SMILES string of the molecule is COC1CCC(=Nc2ccc(Oc3ccccc3)cc2)CC1. The van der Waals surface area contributed by atoms with E-state index in [-0.39, 0.29) is 0 Å². The number of hydrogen-bond acceptors (Lipinski definition) is 3. The first-order chi connectivity index (χ1) is 10.8. The van der Waals surface area contributed by atoms with Crippen LogP contribution in [0.25, 0.3) is 0 Å². The van der Waals surface area contributed by atoms with Crippen LogP contribution in [0.5, 0.6) is 11.5 Å². The maximum absolute atomic E-state index is 5.79. The van der Waals surface area contributed by atoms with Crippen LogP contribution in [0.2, 0.25) is 0 Å². The standard InChI is InChI=1S/C19H21NO2/c1-21-17-11-7-15(8-12-17)20-16-9-13-19(14-10-16)22-18-5-3-2-4-6-18/h2-6,9-10,13-14,17H,7-8,11-12H2,1H3. The first-order valence-corrected chi connectivity index (χ1v) is 7.76. The van der Waals surface area contributed by atoms with Gasteiger partial charge < -0.3 is 9.47 Å². The molecule has 1 aliphatic rings. The van der Waals surface area contributed by atoms with Crippen molar-refractivity contribution < 1.29 is 9.47 Å². The van der Waals surface area contributed by atoms with E-state index in [1.54, 1.807) is 7.11 Å². The highest BCUT2D eigenvalue weighted by atomic mass is 16.5.